The Morgan fingerprint density at radius 1 is 0.759 bits per heavy atom. The number of hydrogen-bond donors (Lipinski definition) is 5. The topological polar surface area (TPSA) is 195 Å². The molecule has 0 aromatic heterocycles. The SMILES string of the molecule is CCCCC/C=C\C/C=C\C/C=C\C/C=C\C/C=C\CCC(=O)OC[C@H](COP(=O)(O)OCCN)OC(=O)C/C=C\C[C@H]1[C@@H](/C=C/[C@H](O)CCCCC)[C@H](O)C[C@@H]1O. The molecule has 1 saturated carbocycles. The van der Waals surface area contributed by atoms with Gasteiger partial charge in [-0.3, -0.25) is 18.6 Å². The lowest BCUT2D eigenvalue weighted by Gasteiger charge is -2.20. The standard InChI is InChI=1S/C45H74NO11P/c1-3-5-7-8-9-10-11-12-13-14-15-16-17-18-19-20-21-22-24-29-44(50)54-36-39(37-56-58(52,53)55-34-33-46)57-45(51)30-26-25-28-40-41(43(49)35-42(40)48)32-31-38(47)27-23-6-4-2/h9-10,12-13,15-16,18-19,21-22,25-26,31-32,38-43,47-49H,3-8,11,14,17,20,23-24,27-30,33-37,46H2,1-2H3,(H,52,53)/b10-9-,13-12-,16-15-,19-18-,22-21-,26-25-,32-31+/t38-,39-,40+,41-,42+,43-/m1/s1. The Balaban J connectivity index is 2.51. The van der Waals surface area contributed by atoms with Crippen LogP contribution in [-0.2, 0) is 32.7 Å². The first kappa shape index (κ1) is 53.1. The first-order chi connectivity index (χ1) is 28.0. The fraction of sp³-hybridized carbons (Fsp3) is 0.644. The second-order valence-corrected chi connectivity index (χ2v) is 15.9. The largest absolute Gasteiger partial charge is 0.472 e. The second kappa shape index (κ2) is 34.9. The highest BCUT2D eigenvalue weighted by molar-refractivity contribution is 7.47. The van der Waals surface area contributed by atoms with E-state index in [-0.39, 0.29) is 44.2 Å². The number of unbranched alkanes of at least 4 members (excludes halogenated alkanes) is 5. The molecule has 0 aromatic rings. The van der Waals surface area contributed by atoms with Gasteiger partial charge in [0.1, 0.15) is 6.61 Å². The molecule has 1 fully saturated rings. The van der Waals surface area contributed by atoms with Crippen LogP contribution in [0, 0.1) is 11.8 Å². The van der Waals surface area contributed by atoms with Crippen LogP contribution in [0.25, 0.3) is 0 Å². The summed E-state index contributed by atoms with van der Waals surface area (Å²) in [5.41, 5.74) is 5.33. The van der Waals surface area contributed by atoms with E-state index in [9.17, 15) is 34.4 Å². The van der Waals surface area contributed by atoms with Crippen molar-refractivity contribution >= 4 is 19.8 Å². The Labute approximate surface area is 348 Å². The van der Waals surface area contributed by atoms with E-state index in [0.29, 0.717) is 19.3 Å². The number of esters is 2. The maximum absolute atomic E-state index is 12.7. The third-order valence-electron chi connectivity index (χ3n) is 9.37. The van der Waals surface area contributed by atoms with Crippen LogP contribution in [0.2, 0.25) is 0 Å². The van der Waals surface area contributed by atoms with Crippen molar-refractivity contribution in [3.63, 3.8) is 0 Å². The molecule has 0 heterocycles. The minimum Gasteiger partial charge on any atom is -0.462 e. The van der Waals surface area contributed by atoms with Crippen LogP contribution < -0.4 is 5.73 Å². The van der Waals surface area contributed by atoms with Gasteiger partial charge in [0.05, 0.1) is 37.9 Å². The van der Waals surface area contributed by atoms with Gasteiger partial charge in [-0.1, -0.05) is 131 Å². The molecule has 0 aromatic carbocycles. The average Bonchev–Trinajstić information content (AvgIpc) is 3.47. The first-order valence-electron chi connectivity index (χ1n) is 21.3. The normalized spacial score (nSPS) is 21.2. The van der Waals surface area contributed by atoms with Crippen molar-refractivity contribution in [3.8, 4) is 0 Å². The van der Waals surface area contributed by atoms with Crippen LogP contribution in [-0.4, -0.2) is 82.9 Å². The summed E-state index contributed by atoms with van der Waals surface area (Å²) < 4.78 is 32.6. The summed E-state index contributed by atoms with van der Waals surface area (Å²) in [6.45, 7) is 3.10. The van der Waals surface area contributed by atoms with Gasteiger partial charge in [-0.25, -0.2) is 4.57 Å². The van der Waals surface area contributed by atoms with Crippen molar-refractivity contribution in [2.24, 2.45) is 17.6 Å². The van der Waals surface area contributed by atoms with Gasteiger partial charge < -0.3 is 35.4 Å². The lowest BCUT2D eigenvalue weighted by atomic mass is 9.89. The van der Waals surface area contributed by atoms with E-state index < -0.39 is 57.4 Å². The van der Waals surface area contributed by atoms with Gasteiger partial charge in [0.15, 0.2) is 6.10 Å². The summed E-state index contributed by atoms with van der Waals surface area (Å²) in [7, 11) is -4.49. The molecule has 0 amide bonds. The average molecular weight is 836 g/mol. The number of aliphatic hydroxyl groups excluding tert-OH is 3. The van der Waals surface area contributed by atoms with Gasteiger partial charge >= 0.3 is 19.8 Å². The summed E-state index contributed by atoms with van der Waals surface area (Å²) in [5.74, 6) is -1.89. The molecule has 7 atom stereocenters. The molecule has 0 radical (unpaired) electrons. The fourth-order valence-electron chi connectivity index (χ4n) is 6.12. The highest BCUT2D eigenvalue weighted by atomic mass is 31.2. The molecular weight excluding hydrogens is 761 g/mol. The number of carbonyl (C=O) groups is 2. The maximum atomic E-state index is 12.7. The number of phosphoric acid groups is 1. The van der Waals surface area contributed by atoms with Gasteiger partial charge in [0.25, 0.3) is 0 Å². The summed E-state index contributed by atoms with van der Waals surface area (Å²) in [6.07, 6.45) is 37.6. The summed E-state index contributed by atoms with van der Waals surface area (Å²) >= 11 is 0. The molecule has 1 aliphatic rings. The fourth-order valence-corrected chi connectivity index (χ4v) is 6.88. The number of phosphoric ester groups is 1. The Bertz CT molecular complexity index is 1340. The Kier molecular flexibility index (Phi) is 31.9. The van der Waals surface area contributed by atoms with Gasteiger partial charge in [0, 0.05) is 25.3 Å². The monoisotopic (exact) mass is 835 g/mol. The number of rotatable bonds is 34. The number of allylic oxidation sites excluding steroid dienone is 11. The molecule has 1 aliphatic carbocycles. The zero-order chi connectivity index (χ0) is 42.7. The van der Waals surface area contributed by atoms with Gasteiger partial charge in [0.2, 0.25) is 0 Å². The predicted molar refractivity (Wildman–Crippen MR) is 230 cm³/mol. The Hall–Kier alpha value is -2.93. The van der Waals surface area contributed by atoms with E-state index in [4.69, 9.17) is 24.3 Å². The first-order valence-corrected chi connectivity index (χ1v) is 22.8. The molecule has 0 spiro atoms. The molecule has 12 nitrogen and oxygen atoms in total. The van der Waals surface area contributed by atoms with Gasteiger partial charge in [-0.15, -0.1) is 0 Å². The Morgan fingerprint density at radius 3 is 1.98 bits per heavy atom. The summed E-state index contributed by atoms with van der Waals surface area (Å²) in [4.78, 5) is 35.1. The van der Waals surface area contributed by atoms with Crippen LogP contribution in [0.4, 0.5) is 0 Å². The lowest BCUT2D eigenvalue weighted by Crippen LogP contribution is -2.29. The third-order valence-corrected chi connectivity index (χ3v) is 10.4. The van der Waals surface area contributed by atoms with Crippen molar-refractivity contribution in [1.29, 1.82) is 0 Å². The third kappa shape index (κ3) is 28.5. The zero-order valence-electron chi connectivity index (χ0n) is 35.1. The minimum absolute atomic E-state index is 0.0108. The van der Waals surface area contributed by atoms with E-state index in [2.05, 4.69) is 62.5 Å². The van der Waals surface area contributed by atoms with Crippen LogP contribution in [0.5, 0.6) is 0 Å². The number of nitrogens with two attached hydrogens (primary N) is 1. The quantitative estimate of drug-likeness (QED) is 0.0180. The smallest absolute Gasteiger partial charge is 0.462 e. The van der Waals surface area contributed by atoms with Crippen molar-refractivity contribution in [2.75, 3.05) is 26.4 Å². The molecule has 58 heavy (non-hydrogen) atoms. The molecule has 13 heteroatoms. The van der Waals surface area contributed by atoms with E-state index in [1.165, 1.54) is 19.3 Å². The Morgan fingerprint density at radius 2 is 1.36 bits per heavy atom. The van der Waals surface area contributed by atoms with Crippen molar-refractivity contribution in [1.82, 2.24) is 0 Å². The number of aliphatic hydroxyl groups is 3. The van der Waals surface area contributed by atoms with Crippen LogP contribution in [0.15, 0.2) is 85.1 Å². The molecule has 0 aliphatic heterocycles. The van der Waals surface area contributed by atoms with Crippen molar-refractivity contribution < 1.29 is 52.9 Å². The van der Waals surface area contributed by atoms with Crippen LogP contribution in [0.3, 0.4) is 0 Å². The van der Waals surface area contributed by atoms with Crippen LogP contribution >= 0.6 is 7.82 Å². The molecule has 330 valence electrons. The van der Waals surface area contributed by atoms with Crippen molar-refractivity contribution in [3.05, 3.63) is 85.1 Å². The number of hydrogen-bond acceptors (Lipinski definition) is 11. The molecule has 6 N–H and O–H groups in total. The second-order valence-electron chi connectivity index (χ2n) is 14.5. The highest BCUT2D eigenvalue weighted by Gasteiger charge is 2.39. The highest BCUT2D eigenvalue weighted by Crippen LogP contribution is 2.43. The summed E-state index contributed by atoms with van der Waals surface area (Å²) in [5, 5.41) is 31.3. The molecular formula is C45H74NO11P. The molecule has 1 unspecified atom stereocenters. The number of ether oxygens (including phenoxy) is 2. The van der Waals surface area contributed by atoms with E-state index in [0.717, 1.165) is 51.4 Å². The van der Waals surface area contributed by atoms with E-state index in [1.54, 1.807) is 24.3 Å². The molecule has 1 rings (SSSR count). The van der Waals surface area contributed by atoms with E-state index >= 15 is 0 Å². The van der Waals surface area contributed by atoms with Crippen molar-refractivity contribution in [2.45, 2.75) is 147 Å². The summed E-state index contributed by atoms with van der Waals surface area (Å²) in [6, 6.07) is 0. The lowest BCUT2D eigenvalue weighted by molar-refractivity contribution is -0.160. The minimum atomic E-state index is -4.49. The maximum Gasteiger partial charge on any atom is 0.472 e. The van der Waals surface area contributed by atoms with Crippen LogP contribution in [0.1, 0.15) is 123 Å². The van der Waals surface area contributed by atoms with Gasteiger partial charge in [-0.2, -0.15) is 0 Å². The van der Waals surface area contributed by atoms with E-state index in [1.807, 2.05) is 12.2 Å². The van der Waals surface area contributed by atoms with Gasteiger partial charge in [-0.05, 0) is 63.7 Å². The number of carbonyl (C=O) groups excluding carboxylic acids is 2. The zero-order valence-corrected chi connectivity index (χ0v) is 36.0. The predicted octanol–water partition coefficient (Wildman–Crippen LogP) is 8.43. The molecule has 0 saturated heterocycles. The molecule has 0 bridgehead atoms.